The molecule has 0 atom stereocenters. The van der Waals surface area contributed by atoms with Gasteiger partial charge in [-0.15, -0.1) is 0 Å². The summed E-state index contributed by atoms with van der Waals surface area (Å²) in [5, 5.41) is 2.86. The number of amides is 1. The maximum Gasteiger partial charge on any atom is 0.223 e. The van der Waals surface area contributed by atoms with Gasteiger partial charge < -0.3 is 10.2 Å². The minimum absolute atomic E-state index is 0.0530. The summed E-state index contributed by atoms with van der Waals surface area (Å²) in [6.07, 6.45) is 5.43. The molecule has 0 aliphatic rings. The van der Waals surface area contributed by atoms with E-state index in [1.807, 2.05) is 14.1 Å². The van der Waals surface area contributed by atoms with Crippen LogP contribution < -0.4 is 5.32 Å². The zero-order valence-electron chi connectivity index (χ0n) is 9.38. The minimum Gasteiger partial charge on any atom is -0.356 e. The summed E-state index contributed by atoms with van der Waals surface area (Å²) < 4.78 is 0. The van der Waals surface area contributed by atoms with Crippen LogP contribution in [0.3, 0.4) is 0 Å². The first-order chi connectivity index (χ1) is 6.66. The molecule has 0 aromatic carbocycles. The molecule has 0 bridgehead atoms. The number of carbonyl (C=O) groups excluding carboxylic acids is 1. The molecule has 0 rings (SSSR count). The van der Waals surface area contributed by atoms with Crippen molar-refractivity contribution in [1.82, 2.24) is 10.2 Å². The van der Waals surface area contributed by atoms with E-state index in [0.29, 0.717) is 0 Å². The van der Waals surface area contributed by atoms with E-state index in [-0.39, 0.29) is 5.91 Å². The smallest absolute Gasteiger partial charge is 0.223 e. The number of unbranched alkanes of at least 4 members (excludes halogenated alkanes) is 2. The van der Waals surface area contributed by atoms with Crippen LogP contribution >= 0.6 is 0 Å². The molecule has 0 spiro atoms. The van der Waals surface area contributed by atoms with E-state index >= 15 is 0 Å². The fourth-order valence-corrected chi connectivity index (χ4v) is 1.06. The van der Waals surface area contributed by atoms with Crippen molar-refractivity contribution in [3.63, 3.8) is 0 Å². The highest BCUT2D eigenvalue weighted by molar-refractivity contribution is 5.84. The van der Waals surface area contributed by atoms with Gasteiger partial charge in [-0.2, -0.15) is 0 Å². The Bertz CT molecular complexity index is 146. The molecule has 3 nitrogen and oxygen atoms in total. The van der Waals surface area contributed by atoms with Crippen molar-refractivity contribution in [1.29, 1.82) is 0 Å². The lowest BCUT2D eigenvalue weighted by Crippen LogP contribution is -2.27. The van der Waals surface area contributed by atoms with Crippen molar-refractivity contribution in [2.24, 2.45) is 0 Å². The zero-order chi connectivity index (χ0) is 10.8. The highest BCUT2D eigenvalue weighted by atomic mass is 16.1. The Kier molecular flexibility index (Phi) is 8.64. The average molecular weight is 198 g/mol. The summed E-state index contributed by atoms with van der Waals surface area (Å²) in [5.41, 5.74) is 0. The number of hydrogen-bond acceptors (Lipinski definition) is 2. The van der Waals surface area contributed by atoms with Gasteiger partial charge in [-0.05, 0) is 33.5 Å². The highest BCUT2D eigenvalue weighted by Crippen LogP contribution is 1.96. The first kappa shape index (κ1) is 13.4. The normalized spacial score (nSPS) is 10.6. The molecule has 82 valence electrons. The van der Waals surface area contributed by atoms with Crippen molar-refractivity contribution in [2.75, 3.05) is 27.2 Å². The topological polar surface area (TPSA) is 32.3 Å². The fraction of sp³-hybridized carbons (Fsp3) is 0.727. The Morgan fingerprint density at radius 3 is 2.71 bits per heavy atom. The summed E-state index contributed by atoms with van der Waals surface area (Å²) in [6.45, 7) is 5.49. The van der Waals surface area contributed by atoms with Gasteiger partial charge in [-0.1, -0.05) is 19.8 Å². The van der Waals surface area contributed by atoms with Crippen molar-refractivity contribution in [3.05, 3.63) is 13.3 Å². The van der Waals surface area contributed by atoms with Gasteiger partial charge >= 0.3 is 0 Å². The number of rotatable bonds is 8. The van der Waals surface area contributed by atoms with E-state index in [2.05, 4.69) is 17.1 Å². The lowest BCUT2D eigenvalue weighted by molar-refractivity contribution is -0.118. The zero-order valence-corrected chi connectivity index (χ0v) is 9.38. The molecule has 0 saturated carbocycles. The van der Waals surface area contributed by atoms with Crippen LogP contribution in [0, 0.1) is 13.3 Å². The number of carbonyl (C=O) groups is 1. The Morgan fingerprint density at radius 2 is 2.14 bits per heavy atom. The average Bonchev–Trinajstić information content (AvgIpc) is 2.13. The molecule has 0 aliphatic heterocycles. The Labute approximate surface area is 87.9 Å². The molecule has 1 amide bonds. The summed E-state index contributed by atoms with van der Waals surface area (Å²) in [7, 11) is 4.06. The SMILES string of the molecule is [CH2]CCC[CH]C(=O)NCCCN(C)C. The molecule has 2 radical (unpaired) electrons. The second-order valence-corrected chi connectivity index (χ2v) is 3.65. The van der Waals surface area contributed by atoms with Gasteiger partial charge in [0.25, 0.3) is 0 Å². The van der Waals surface area contributed by atoms with Crippen molar-refractivity contribution in [2.45, 2.75) is 25.7 Å². The van der Waals surface area contributed by atoms with E-state index in [0.717, 1.165) is 38.8 Å². The summed E-state index contributed by atoms with van der Waals surface area (Å²) in [6, 6.07) is 0. The van der Waals surface area contributed by atoms with Crippen LogP contribution in [0.15, 0.2) is 0 Å². The molecule has 0 saturated heterocycles. The maximum absolute atomic E-state index is 11.2. The second-order valence-electron chi connectivity index (χ2n) is 3.65. The molecule has 0 aromatic heterocycles. The van der Waals surface area contributed by atoms with Gasteiger partial charge in [0.2, 0.25) is 5.91 Å². The highest BCUT2D eigenvalue weighted by Gasteiger charge is 1.99. The van der Waals surface area contributed by atoms with E-state index in [9.17, 15) is 4.79 Å². The van der Waals surface area contributed by atoms with Gasteiger partial charge in [-0.25, -0.2) is 0 Å². The van der Waals surface area contributed by atoms with Crippen molar-refractivity contribution < 1.29 is 4.79 Å². The molecule has 0 fully saturated rings. The van der Waals surface area contributed by atoms with Crippen LogP contribution in [0.25, 0.3) is 0 Å². The van der Waals surface area contributed by atoms with E-state index in [4.69, 9.17) is 0 Å². The van der Waals surface area contributed by atoms with E-state index in [1.54, 1.807) is 6.42 Å². The molecular weight excluding hydrogens is 176 g/mol. The van der Waals surface area contributed by atoms with E-state index in [1.165, 1.54) is 0 Å². The molecule has 0 heterocycles. The maximum atomic E-state index is 11.2. The Balaban J connectivity index is 3.18. The molecule has 1 N–H and O–H groups in total. The quantitative estimate of drug-likeness (QED) is 0.596. The fourth-order valence-electron chi connectivity index (χ4n) is 1.06. The number of nitrogens with one attached hydrogen (secondary N) is 1. The molecule has 14 heavy (non-hydrogen) atoms. The Hall–Kier alpha value is -0.570. The van der Waals surface area contributed by atoms with Crippen LogP contribution in [0.5, 0.6) is 0 Å². The van der Waals surface area contributed by atoms with Crippen LogP contribution in [0.4, 0.5) is 0 Å². The predicted octanol–water partition coefficient (Wildman–Crippen LogP) is 1.26. The number of nitrogens with zero attached hydrogens (tertiary/aromatic N) is 1. The monoisotopic (exact) mass is 198 g/mol. The van der Waals surface area contributed by atoms with Crippen molar-refractivity contribution in [3.8, 4) is 0 Å². The van der Waals surface area contributed by atoms with Crippen LogP contribution in [0.2, 0.25) is 0 Å². The molecule has 0 aromatic rings. The van der Waals surface area contributed by atoms with E-state index < -0.39 is 0 Å². The lowest BCUT2D eigenvalue weighted by Gasteiger charge is -2.09. The predicted molar refractivity (Wildman–Crippen MR) is 59.7 cm³/mol. The summed E-state index contributed by atoms with van der Waals surface area (Å²) in [5.74, 6) is 0.0530. The first-order valence-corrected chi connectivity index (χ1v) is 5.22. The third-order valence-electron chi connectivity index (χ3n) is 1.87. The number of hydrogen-bond donors (Lipinski definition) is 1. The minimum atomic E-state index is 0.0530. The standard InChI is InChI=1S/C11H22N2O/c1-4-5-6-8-11(14)12-9-7-10-13(2)3/h8H,1,4-7,9-10H2,2-3H3,(H,12,14). The molecule has 0 aliphatic carbocycles. The van der Waals surface area contributed by atoms with Gasteiger partial charge in [-0.3, -0.25) is 4.79 Å². The third-order valence-corrected chi connectivity index (χ3v) is 1.87. The van der Waals surface area contributed by atoms with Crippen LogP contribution in [-0.4, -0.2) is 38.0 Å². The molecule has 3 heteroatoms. The molecule has 0 unspecified atom stereocenters. The summed E-state index contributed by atoms with van der Waals surface area (Å²) in [4.78, 5) is 13.3. The second kappa shape index (κ2) is 9.00. The van der Waals surface area contributed by atoms with Gasteiger partial charge in [0.15, 0.2) is 0 Å². The van der Waals surface area contributed by atoms with Gasteiger partial charge in [0.1, 0.15) is 0 Å². The van der Waals surface area contributed by atoms with Gasteiger partial charge in [0.05, 0.1) is 0 Å². The third kappa shape index (κ3) is 9.52. The summed E-state index contributed by atoms with van der Waals surface area (Å²) >= 11 is 0. The molecular formula is C11H22N2O. The van der Waals surface area contributed by atoms with Crippen molar-refractivity contribution >= 4 is 5.91 Å². The lowest BCUT2D eigenvalue weighted by atomic mass is 10.2. The van der Waals surface area contributed by atoms with Crippen LogP contribution in [-0.2, 0) is 4.79 Å². The van der Waals surface area contributed by atoms with Gasteiger partial charge in [0, 0.05) is 13.0 Å². The Morgan fingerprint density at radius 1 is 1.43 bits per heavy atom. The van der Waals surface area contributed by atoms with Crippen LogP contribution in [0.1, 0.15) is 25.7 Å². The largest absolute Gasteiger partial charge is 0.356 e. The first-order valence-electron chi connectivity index (χ1n) is 5.22.